The highest BCUT2D eigenvalue weighted by Gasteiger charge is 2.27. The van der Waals surface area contributed by atoms with Gasteiger partial charge in [-0.1, -0.05) is 56.3 Å². The molecule has 2 nitrogen and oxygen atoms in total. The van der Waals surface area contributed by atoms with Crippen molar-refractivity contribution in [1.82, 2.24) is 9.47 Å². The van der Waals surface area contributed by atoms with Gasteiger partial charge in [0.1, 0.15) is 5.82 Å². The van der Waals surface area contributed by atoms with Gasteiger partial charge in [0.2, 0.25) is 0 Å². The summed E-state index contributed by atoms with van der Waals surface area (Å²) in [5.41, 5.74) is 4.68. The molecule has 0 N–H and O–H groups in total. The van der Waals surface area contributed by atoms with Crippen LogP contribution < -0.4 is 0 Å². The predicted molar refractivity (Wildman–Crippen MR) is 108 cm³/mol. The molecule has 0 saturated carbocycles. The van der Waals surface area contributed by atoms with Crippen molar-refractivity contribution >= 4 is 0 Å². The van der Waals surface area contributed by atoms with Crippen LogP contribution in [0.2, 0.25) is 0 Å². The highest BCUT2D eigenvalue weighted by molar-refractivity contribution is 5.33. The van der Waals surface area contributed by atoms with Gasteiger partial charge in [0.15, 0.2) is 0 Å². The second kappa shape index (κ2) is 7.69. The van der Waals surface area contributed by atoms with Gasteiger partial charge < -0.3 is 4.57 Å². The maximum atomic E-state index is 14.3. The largest absolute Gasteiger partial charge is 0.350 e. The van der Waals surface area contributed by atoms with E-state index >= 15 is 0 Å². The van der Waals surface area contributed by atoms with Crippen LogP contribution in [0.3, 0.4) is 0 Å². The second-order valence-corrected chi connectivity index (χ2v) is 7.77. The van der Waals surface area contributed by atoms with Crippen LogP contribution in [-0.4, -0.2) is 16.0 Å². The summed E-state index contributed by atoms with van der Waals surface area (Å²) in [7, 11) is 0. The number of fused-ring (bicyclic) bond motifs is 1. The van der Waals surface area contributed by atoms with Crippen LogP contribution in [0, 0.1) is 5.82 Å². The van der Waals surface area contributed by atoms with E-state index in [9.17, 15) is 4.39 Å². The second-order valence-electron chi connectivity index (χ2n) is 7.77. The first-order valence-corrected chi connectivity index (χ1v) is 9.86. The molecule has 0 unspecified atom stereocenters. The Morgan fingerprint density at radius 1 is 0.963 bits per heavy atom. The van der Waals surface area contributed by atoms with Crippen molar-refractivity contribution in [2.24, 2.45) is 0 Å². The average molecular weight is 362 g/mol. The zero-order chi connectivity index (χ0) is 18.8. The van der Waals surface area contributed by atoms with Gasteiger partial charge in [0.25, 0.3) is 0 Å². The van der Waals surface area contributed by atoms with Gasteiger partial charge in [-0.2, -0.15) is 0 Å². The Morgan fingerprint density at radius 3 is 2.48 bits per heavy atom. The maximum absolute atomic E-state index is 14.3. The summed E-state index contributed by atoms with van der Waals surface area (Å²) in [6.07, 6.45) is 3.23. The Balaban J connectivity index is 1.73. The third-order valence-corrected chi connectivity index (χ3v) is 5.60. The number of benzene rings is 2. The molecule has 140 valence electrons. The summed E-state index contributed by atoms with van der Waals surface area (Å²) in [4.78, 5) is 2.42. The molecule has 1 aromatic heterocycles. The van der Waals surface area contributed by atoms with Crippen molar-refractivity contribution in [2.75, 3.05) is 6.54 Å². The van der Waals surface area contributed by atoms with Gasteiger partial charge in [-0.05, 0) is 41.7 Å². The number of hydrogen-bond acceptors (Lipinski definition) is 1. The summed E-state index contributed by atoms with van der Waals surface area (Å²) in [6.45, 7) is 7.02. The smallest absolute Gasteiger partial charge is 0.127 e. The van der Waals surface area contributed by atoms with Gasteiger partial charge in [0.05, 0.1) is 6.04 Å². The molecular weight excluding hydrogens is 335 g/mol. The zero-order valence-electron chi connectivity index (χ0n) is 16.1. The lowest BCUT2D eigenvalue weighted by molar-refractivity contribution is 0.217. The third-order valence-electron chi connectivity index (χ3n) is 5.60. The molecule has 0 radical (unpaired) electrons. The highest BCUT2D eigenvalue weighted by Crippen LogP contribution is 2.34. The molecule has 2 aromatic carbocycles. The third kappa shape index (κ3) is 3.70. The van der Waals surface area contributed by atoms with Crippen LogP contribution in [0.25, 0.3) is 0 Å². The van der Waals surface area contributed by atoms with Crippen molar-refractivity contribution in [3.63, 3.8) is 0 Å². The van der Waals surface area contributed by atoms with Gasteiger partial charge in [-0.3, -0.25) is 4.90 Å². The number of nitrogens with zero attached hydrogens (tertiary/aromatic N) is 2. The first-order valence-electron chi connectivity index (χ1n) is 9.86. The molecule has 4 rings (SSSR count). The molecular formula is C24H27FN2. The van der Waals surface area contributed by atoms with E-state index in [1.165, 1.54) is 16.8 Å². The molecule has 0 fully saturated rings. The van der Waals surface area contributed by atoms with Crippen LogP contribution in [0.4, 0.5) is 4.39 Å². The summed E-state index contributed by atoms with van der Waals surface area (Å²) < 4.78 is 16.7. The van der Waals surface area contributed by atoms with E-state index in [2.05, 4.69) is 65.9 Å². The van der Waals surface area contributed by atoms with Gasteiger partial charge in [-0.15, -0.1) is 0 Å². The Hall–Kier alpha value is -2.39. The summed E-state index contributed by atoms with van der Waals surface area (Å²) in [5, 5.41) is 0. The van der Waals surface area contributed by atoms with Crippen LogP contribution >= 0.6 is 0 Å². The van der Waals surface area contributed by atoms with E-state index in [-0.39, 0.29) is 11.9 Å². The van der Waals surface area contributed by atoms with E-state index in [0.29, 0.717) is 12.5 Å². The van der Waals surface area contributed by atoms with Crippen molar-refractivity contribution in [3.05, 3.63) is 95.1 Å². The van der Waals surface area contributed by atoms with E-state index < -0.39 is 0 Å². The SMILES string of the molecule is CC(C)c1ccc([C@H]2c3cccn3CCCN2Cc2ccccc2F)cc1. The normalized spacial score (nSPS) is 17.7. The van der Waals surface area contributed by atoms with Crippen LogP contribution in [-0.2, 0) is 13.1 Å². The van der Waals surface area contributed by atoms with E-state index in [4.69, 9.17) is 0 Å². The van der Waals surface area contributed by atoms with Crippen molar-refractivity contribution in [3.8, 4) is 0 Å². The van der Waals surface area contributed by atoms with E-state index in [1.54, 1.807) is 12.1 Å². The van der Waals surface area contributed by atoms with Gasteiger partial charge >= 0.3 is 0 Å². The molecule has 0 saturated heterocycles. The van der Waals surface area contributed by atoms with Gasteiger partial charge in [-0.25, -0.2) is 4.39 Å². The lowest BCUT2D eigenvalue weighted by atomic mass is 9.96. The van der Waals surface area contributed by atoms with Crippen LogP contribution in [0.1, 0.15) is 54.6 Å². The van der Waals surface area contributed by atoms with E-state index in [1.807, 2.05) is 12.1 Å². The van der Waals surface area contributed by atoms with Crippen molar-refractivity contribution in [1.29, 1.82) is 0 Å². The molecule has 0 amide bonds. The fourth-order valence-corrected chi connectivity index (χ4v) is 4.10. The molecule has 2 heterocycles. The topological polar surface area (TPSA) is 8.17 Å². The molecule has 0 bridgehead atoms. The first-order chi connectivity index (χ1) is 13.1. The number of halogens is 1. The van der Waals surface area contributed by atoms with Crippen molar-refractivity contribution < 1.29 is 4.39 Å². The molecule has 3 heteroatoms. The molecule has 1 atom stereocenters. The first kappa shape index (κ1) is 18.0. The lowest BCUT2D eigenvalue weighted by Crippen LogP contribution is -2.29. The Bertz CT molecular complexity index is 895. The predicted octanol–water partition coefficient (Wildman–Crippen LogP) is 5.75. The number of aromatic nitrogens is 1. The Kier molecular flexibility index (Phi) is 5.13. The molecule has 0 aliphatic carbocycles. The fraction of sp³-hybridized carbons (Fsp3) is 0.333. The summed E-state index contributed by atoms with van der Waals surface area (Å²) in [5.74, 6) is 0.401. The van der Waals surface area contributed by atoms with Crippen LogP contribution in [0.15, 0.2) is 66.9 Å². The lowest BCUT2D eigenvalue weighted by Gasteiger charge is -2.31. The molecule has 27 heavy (non-hydrogen) atoms. The Morgan fingerprint density at radius 2 is 1.74 bits per heavy atom. The Labute approximate surface area is 161 Å². The molecule has 3 aromatic rings. The fourth-order valence-electron chi connectivity index (χ4n) is 4.10. The minimum atomic E-state index is -0.119. The summed E-state index contributed by atoms with van der Waals surface area (Å²) >= 11 is 0. The zero-order valence-corrected chi connectivity index (χ0v) is 16.1. The van der Waals surface area contributed by atoms with E-state index in [0.717, 1.165) is 25.1 Å². The average Bonchev–Trinajstić information content (AvgIpc) is 3.05. The van der Waals surface area contributed by atoms with Gasteiger partial charge in [0, 0.05) is 37.1 Å². The maximum Gasteiger partial charge on any atom is 0.127 e. The van der Waals surface area contributed by atoms with Crippen LogP contribution in [0.5, 0.6) is 0 Å². The number of aryl methyl sites for hydroxylation is 1. The minimum Gasteiger partial charge on any atom is -0.350 e. The quantitative estimate of drug-likeness (QED) is 0.574. The van der Waals surface area contributed by atoms with Crippen molar-refractivity contribution in [2.45, 2.75) is 45.3 Å². The monoisotopic (exact) mass is 362 g/mol. The molecule has 0 spiro atoms. The molecule has 1 aliphatic rings. The molecule has 1 aliphatic heterocycles. The standard InChI is InChI=1S/C24H27FN2/c1-18(2)19-10-12-20(13-11-19)24-23-9-5-14-26(23)15-6-16-27(24)17-21-7-3-4-8-22(21)25/h3-5,7-14,18,24H,6,15-17H2,1-2H3/t24-/m0/s1. The highest BCUT2D eigenvalue weighted by atomic mass is 19.1. The minimum absolute atomic E-state index is 0.119. The number of rotatable bonds is 4. The number of hydrogen-bond donors (Lipinski definition) is 0. The summed E-state index contributed by atoms with van der Waals surface area (Å²) in [6, 6.07) is 20.6.